The predicted molar refractivity (Wildman–Crippen MR) is 355 cm³/mol. The van der Waals surface area contributed by atoms with Crippen LogP contribution in [0.2, 0.25) is 0 Å². The van der Waals surface area contributed by atoms with Crippen LogP contribution in [0.4, 0.5) is 0 Å². The number of allylic oxidation sites excluding steroid dienone is 15. The Morgan fingerprint density at radius 2 is 0.769 bits per heavy atom. The summed E-state index contributed by atoms with van der Waals surface area (Å²) in [6.45, 7) is 1.58. The van der Waals surface area contributed by atoms with Gasteiger partial charge in [0.15, 0.2) is 18.9 Å². The number of aliphatic hydroxyl groups is 11. The molecule has 91 heavy (non-hydrogen) atoms. The first kappa shape index (κ1) is 81.9. The van der Waals surface area contributed by atoms with Crippen molar-refractivity contribution >= 4 is 5.91 Å². The van der Waals surface area contributed by atoms with Crippen LogP contribution in [0.5, 0.6) is 0 Å². The molecule has 0 aliphatic carbocycles. The maximum Gasteiger partial charge on any atom is 0.220 e. The monoisotopic (exact) mass is 1290 g/mol. The maximum absolute atomic E-state index is 13.4. The van der Waals surface area contributed by atoms with Gasteiger partial charge in [-0.3, -0.25) is 4.79 Å². The van der Waals surface area contributed by atoms with E-state index < -0.39 is 124 Å². The topological polar surface area (TPSA) is 307 Å². The van der Waals surface area contributed by atoms with E-state index in [-0.39, 0.29) is 18.9 Å². The zero-order valence-electron chi connectivity index (χ0n) is 55.3. The van der Waals surface area contributed by atoms with Crippen molar-refractivity contribution in [1.29, 1.82) is 0 Å². The zero-order valence-corrected chi connectivity index (χ0v) is 55.3. The van der Waals surface area contributed by atoms with Gasteiger partial charge in [-0.2, -0.15) is 0 Å². The third kappa shape index (κ3) is 34.8. The van der Waals surface area contributed by atoms with Gasteiger partial charge >= 0.3 is 0 Å². The summed E-state index contributed by atoms with van der Waals surface area (Å²) in [7, 11) is 0. The molecule has 3 heterocycles. The number of rotatable bonds is 52. The molecule has 17 atom stereocenters. The molecular formula is C72H123NO18. The number of carbonyl (C=O) groups excluding carboxylic acids is 1. The van der Waals surface area contributed by atoms with E-state index in [1.165, 1.54) is 96.3 Å². The van der Waals surface area contributed by atoms with Gasteiger partial charge in [-0.25, -0.2) is 0 Å². The van der Waals surface area contributed by atoms with Crippen LogP contribution < -0.4 is 5.32 Å². The molecule has 0 aromatic heterocycles. The zero-order chi connectivity index (χ0) is 66.1. The molecule has 12 N–H and O–H groups in total. The number of aliphatic hydroxyl groups excluding tert-OH is 11. The fraction of sp³-hybridized carbons (Fsp3) is 0.764. The molecule has 3 aliphatic rings. The van der Waals surface area contributed by atoms with Crippen molar-refractivity contribution in [2.75, 3.05) is 26.4 Å². The first-order valence-corrected chi connectivity index (χ1v) is 35.0. The highest BCUT2D eigenvalue weighted by Gasteiger charge is 2.53. The van der Waals surface area contributed by atoms with Gasteiger partial charge < -0.3 is 89.9 Å². The normalized spacial score (nSPS) is 28.5. The first-order valence-electron chi connectivity index (χ1n) is 35.0. The molecule has 0 radical (unpaired) electrons. The van der Waals surface area contributed by atoms with Crippen molar-refractivity contribution in [1.82, 2.24) is 5.32 Å². The van der Waals surface area contributed by atoms with Crippen molar-refractivity contribution in [3.8, 4) is 0 Å². The largest absolute Gasteiger partial charge is 0.394 e. The average Bonchev–Trinajstić information content (AvgIpc) is 0.883. The minimum absolute atomic E-state index is 0.219. The van der Waals surface area contributed by atoms with Gasteiger partial charge in [0, 0.05) is 6.42 Å². The second-order valence-corrected chi connectivity index (χ2v) is 24.6. The molecule has 0 aromatic rings. The number of carbonyl (C=O) groups is 1. The van der Waals surface area contributed by atoms with Crippen LogP contribution >= 0.6 is 0 Å². The average molecular weight is 1290 g/mol. The van der Waals surface area contributed by atoms with Crippen LogP contribution in [0.15, 0.2) is 97.2 Å². The van der Waals surface area contributed by atoms with Crippen molar-refractivity contribution in [2.24, 2.45) is 0 Å². The molecule has 3 rings (SSSR count). The van der Waals surface area contributed by atoms with Gasteiger partial charge in [0.2, 0.25) is 5.91 Å². The molecule has 0 bridgehead atoms. The Labute approximate surface area is 545 Å². The summed E-state index contributed by atoms with van der Waals surface area (Å²) in [5.74, 6) is -0.300. The van der Waals surface area contributed by atoms with Crippen LogP contribution in [0, 0.1) is 0 Å². The Bertz CT molecular complexity index is 2030. The molecule has 17 unspecified atom stereocenters. The van der Waals surface area contributed by atoms with E-state index in [1.54, 1.807) is 6.08 Å². The van der Waals surface area contributed by atoms with Crippen LogP contribution in [-0.4, -0.2) is 193 Å². The lowest BCUT2D eigenvalue weighted by Gasteiger charge is -2.48. The molecular weight excluding hydrogens is 1170 g/mol. The quantitative estimate of drug-likeness (QED) is 0.0199. The lowest BCUT2D eigenvalue weighted by molar-refractivity contribution is -0.379. The van der Waals surface area contributed by atoms with Crippen LogP contribution in [0.1, 0.15) is 219 Å². The molecule has 1 amide bonds. The van der Waals surface area contributed by atoms with Crippen molar-refractivity contribution in [3.05, 3.63) is 97.2 Å². The molecule has 0 aromatic carbocycles. The third-order valence-electron chi connectivity index (χ3n) is 16.8. The summed E-state index contributed by atoms with van der Waals surface area (Å²) >= 11 is 0. The van der Waals surface area contributed by atoms with E-state index in [0.29, 0.717) is 12.8 Å². The van der Waals surface area contributed by atoms with E-state index in [1.807, 2.05) is 6.08 Å². The molecule has 19 heteroatoms. The lowest BCUT2D eigenvalue weighted by Crippen LogP contribution is -2.66. The minimum Gasteiger partial charge on any atom is -0.394 e. The Balaban J connectivity index is 1.46. The highest BCUT2D eigenvalue weighted by molar-refractivity contribution is 5.76. The van der Waals surface area contributed by atoms with Crippen molar-refractivity contribution in [2.45, 2.75) is 324 Å². The van der Waals surface area contributed by atoms with Crippen LogP contribution in [0.25, 0.3) is 0 Å². The van der Waals surface area contributed by atoms with Gasteiger partial charge in [-0.15, -0.1) is 0 Å². The summed E-state index contributed by atoms with van der Waals surface area (Å²) in [5.41, 5.74) is 0. The van der Waals surface area contributed by atoms with Gasteiger partial charge in [0.05, 0.1) is 38.6 Å². The van der Waals surface area contributed by atoms with Gasteiger partial charge in [-0.05, 0) is 89.9 Å². The second-order valence-electron chi connectivity index (χ2n) is 24.6. The summed E-state index contributed by atoms with van der Waals surface area (Å²) in [5, 5.41) is 121. The van der Waals surface area contributed by atoms with Crippen molar-refractivity contribution in [3.63, 3.8) is 0 Å². The van der Waals surface area contributed by atoms with Crippen LogP contribution in [-0.2, 0) is 33.2 Å². The van der Waals surface area contributed by atoms with Crippen molar-refractivity contribution < 1.29 is 89.4 Å². The number of nitrogens with one attached hydrogen (secondary N) is 1. The molecule has 524 valence electrons. The first-order chi connectivity index (χ1) is 44.3. The van der Waals surface area contributed by atoms with Gasteiger partial charge in [0.1, 0.15) is 73.2 Å². The Hall–Kier alpha value is -3.29. The van der Waals surface area contributed by atoms with Crippen LogP contribution in [0.3, 0.4) is 0 Å². The molecule has 19 nitrogen and oxygen atoms in total. The summed E-state index contributed by atoms with van der Waals surface area (Å²) in [6, 6.07) is -1.01. The molecule has 0 spiro atoms. The van der Waals surface area contributed by atoms with Gasteiger partial charge in [0.25, 0.3) is 0 Å². The number of hydrogen-bond acceptors (Lipinski definition) is 18. The Morgan fingerprint density at radius 1 is 0.407 bits per heavy atom. The van der Waals surface area contributed by atoms with E-state index in [0.717, 1.165) is 89.9 Å². The minimum atomic E-state index is -1.99. The van der Waals surface area contributed by atoms with E-state index in [4.69, 9.17) is 28.4 Å². The predicted octanol–water partition coefficient (Wildman–Crippen LogP) is 9.27. The fourth-order valence-electron chi connectivity index (χ4n) is 11.2. The lowest BCUT2D eigenvalue weighted by atomic mass is 9.96. The summed E-state index contributed by atoms with van der Waals surface area (Å²) < 4.78 is 34.3. The standard InChI is InChI=1S/C72H123NO18/c1-3-5-7-9-11-13-15-17-19-21-23-25-26-27-28-30-32-34-36-38-40-42-44-46-48-50-60(78)73-55(56(77)49-47-45-43-41-39-37-35-33-31-29-24-22-20-18-16-14-12-10-8-6-4-2)54-86-70-66(84)63(81)68(58(52-75)88-70)91-72-67(85)64(82)69(59(53-76)89-72)90-71-65(83)62(80)61(79)57(51-74)87-71/h5,7,11,13,17,19,23,25,27-28,31,33,39,41,47,49,55-59,61-72,74-77,79-85H,3-4,6,8-10,12,14-16,18,20-22,24,26,29-30,32,34-38,40,42-46,48,50-54H2,1-2H3,(H,73,78)/b7-5-,13-11-,19-17-,25-23-,28-27-,33-31+,41-39+,49-47+. The molecule has 3 fully saturated rings. The highest BCUT2D eigenvalue weighted by atomic mass is 16.8. The highest BCUT2D eigenvalue weighted by Crippen LogP contribution is 2.33. The van der Waals surface area contributed by atoms with E-state index in [9.17, 15) is 61.0 Å². The van der Waals surface area contributed by atoms with E-state index >= 15 is 0 Å². The number of amides is 1. The summed E-state index contributed by atoms with van der Waals surface area (Å²) in [6.07, 6.45) is 42.3. The number of unbranched alkanes of at least 4 members (excludes halogenated alkanes) is 22. The maximum atomic E-state index is 13.4. The molecule has 3 aliphatic heterocycles. The van der Waals surface area contributed by atoms with E-state index in [2.05, 4.69) is 104 Å². The Kier molecular flexibility index (Phi) is 47.7. The molecule has 0 saturated carbocycles. The SMILES string of the molecule is CC/C=C\C/C=C\C/C=C\C/C=C\C/C=C\CCCCCCCCCCCC(=O)NC(COC1OC(CO)C(OC2OC(CO)C(OC3OC(CO)C(O)C(O)C3O)C(O)C2O)C(O)C1O)C(O)/C=C/CC/C=C/CC/C=C/CCCCCCCCCCCCC. The summed E-state index contributed by atoms with van der Waals surface area (Å²) in [4.78, 5) is 13.4. The smallest absolute Gasteiger partial charge is 0.220 e. The Morgan fingerprint density at radius 3 is 1.23 bits per heavy atom. The fourth-order valence-corrected chi connectivity index (χ4v) is 11.2. The van der Waals surface area contributed by atoms with Gasteiger partial charge in [-0.1, -0.05) is 220 Å². The number of hydrogen-bond donors (Lipinski definition) is 12. The molecule has 3 saturated heterocycles. The number of ether oxygens (including phenoxy) is 6. The third-order valence-corrected chi connectivity index (χ3v) is 16.8. The second kappa shape index (κ2) is 52.9.